The van der Waals surface area contributed by atoms with Crippen LogP contribution in [-0.4, -0.2) is 61.8 Å². The molecule has 0 spiro atoms. The fourth-order valence-corrected chi connectivity index (χ4v) is 5.11. The van der Waals surface area contributed by atoms with Gasteiger partial charge in [0.15, 0.2) is 0 Å². The van der Waals surface area contributed by atoms with Crippen molar-refractivity contribution < 1.29 is 13.2 Å². The van der Waals surface area contributed by atoms with Gasteiger partial charge in [0.2, 0.25) is 15.9 Å². The van der Waals surface area contributed by atoms with Gasteiger partial charge in [0, 0.05) is 49.7 Å². The average Bonchev–Trinajstić information content (AvgIpc) is 2.69. The molecule has 7 nitrogen and oxygen atoms in total. The number of rotatable bonds is 6. The molecule has 2 heterocycles. The number of carbonyl (C=O) groups excluding carboxylic acids is 1. The molecule has 1 fully saturated rings. The average molecular weight is 441 g/mol. The predicted octanol–water partition coefficient (Wildman–Crippen LogP) is 2.55. The zero-order valence-electron chi connectivity index (χ0n) is 15.3. The van der Waals surface area contributed by atoms with Crippen LogP contribution in [0.5, 0.6) is 0 Å². The number of nitrogens with one attached hydrogen (secondary N) is 1. The highest BCUT2D eigenvalue weighted by atomic mass is 35.5. The molecule has 28 heavy (non-hydrogen) atoms. The Bertz CT molecular complexity index is 935. The first-order chi connectivity index (χ1) is 13.4. The number of hydrogen-bond acceptors (Lipinski definition) is 6. The molecule has 1 amide bonds. The molecule has 1 N–H and O–H groups in total. The molecular formula is C18H21ClN4O3S2. The number of thioether (sulfide) groups is 1. The van der Waals surface area contributed by atoms with E-state index in [9.17, 15) is 13.2 Å². The Morgan fingerprint density at radius 1 is 1.32 bits per heavy atom. The highest BCUT2D eigenvalue weighted by Crippen LogP contribution is 2.30. The number of carbonyl (C=O) groups is 1. The molecule has 1 saturated heterocycles. The van der Waals surface area contributed by atoms with Gasteiger partial charge in [-0.15, -0.1) is 0 Å². The molecule has 10 heteroatoms. The number of anilines is 2. The largest absolute Gasteiger partial charge is 0.369 e. The molecule has 150 valence electrons. The fraction of sp³-hybridized carbons (Fsp3) is 0.333. The summed E-state index contributed by atoms with van der Waals surface area (Å²) in [5.41, 5.74) is 1.47. The first-order valence-electron chi connectivity index (χ1n) is 8.66. The third-order valence-corrected chi connectivity index (χ3v) is 7.32. The van der Waals surface area contributed by atoms with Crippen LogP contribution in [0.1, 0.15) is 0 Å². The molecule has 0 saturated carbocycles. The molecule has 1 aliphatic rings. The second kappa shape index (κ2) is 9.13. The maximum atomic E-state index is 12.5. The number of aromatic nitrogens is 1. The normalized spacial score (nSPS) is 14.9. The van der Waals surface area contributed by atoms with Crippen LogP contribution in [0.4, 0.5) is 11.4 Å². The monoisotopic (exact) mass is 440 g/mol. The Balaban J connectivity index is 1.64. The minimum Gasteiger partial charge on any atom is -0.369 e. The molecule has 0 radical (unpaired) electrons. The second-order valence-electron chi connectivity index (χ2n) is 6.26. The molecule has 0 aliphatic carbocycles. The minimum atomic E-state index is -3.78. The van der Waals surface area contributed by atoms with E-state index in [1.165, 1.54) is 31.6 Å². The van der Waals surface area contributed by atoms with Crippen molar-refractivity contribution in [2.75, 3.05) is 48.4 Å². The number of nitrogens with zero attached hydrogens (tertiary/aromatic N) is 3. The van der Waals surface area contributed by atoms with Gasteiger partial charge in [0.05, 0.1) is 17.3 Å². The summed E-state index contributed by atoms with van der Waals surface area (Å²) in [5.74, 6) is 1.67. The van der Waals surface area contributed by atoms with E-state index in [0.29, 0.717) is 10.7 Å². The van der Waals surface area contributed by atoms with Gasteiger partial charge >= 0.3 is 0 Å². The first-order valence-corrected chi connectivity index (χ1v) is 11.6. The van der Waals surface area contributed by atoms with Crippen LogP contribution < -0.4 is 10.2 Å². The molecular weight excluding hydrogens is 420 g/mol. The summed E-state index contributed by atoms with van der Waals surface area (Å²) in [6.45, 7) is 1.56. The SMILES string of the molecule is CN(CC(=O)Nc1ccc(N2CCSCC2)c(Cl)c1)S(=O)(=O)c1cccnc1. The van der Waals surface area contributed by atoms with Crippen molar-refractivity contribution in [1.29, 1.82) is 0 Å². The van der Waals surface area contributed by atoms with E-state index < -0.39 is 15.9 Å². The zero-order valence-corrected chi connectivity index (χ0v) is 17.7. The first kappa shape index (κ1) is 20.9. The molecule has 0 atom stereocenters. The smallest absolute Gasteiger partial charge is 0.244 e. The van der Waals surface area contributed by atoms with Gasteiger partial charge in [-0.1, -0.05) is 11.6 Å². The number of benzene rings is 1. The van der Waals surface area contributed by atoms with Crippen molar-refractivity contribution >= 4 is 50.7 Å². The quantitative estimate of drug-likeness (QED) is 0.743. The highest BCUT2D eigenvalue weighted by molar-refractivity contribution is 7.99. The summed E-state index contributed by atoms with van der Waals surface area (Å²) in [4.78, 5) is 18.4. The summed E-state index contributed by atoms with van der Waals surface area (Å²) in [7, 11) is -2.43. The van der Waals surface area contributed by atoms with E-state index in [-0.39, 0.29) is 11.4 Å². The van der Waals surface area contributed by atoms with Crippen molar-refractivity contribution in [1.82, 2.24) is 9.29 Å². The Labute approximate surface area is 174 Å². The topological polar surface area (TPSA) is 82.6 Å². The second-order valence-corrected chi connectivity index (χ2v) is 9.94. The lowest BCUT2D eigenvalue weighted by Gasteiger charge is -2.29. The van der Waals surface area contributed by atoms with Crippen LogP contribution >= 0.6 is 23.4 Å². The number of pyridine rings is 1. The molecule has 0 bridgehead atoms. The molecule has 1 aromatic heterocycles. The standard InChI is InChI=1S/C18H21ClN4O3S2/c1-22(28(25,26)15-3-2-6-20-12-15)13-18(24)21-14-4-5-17(16(19)11-14)23-7-9-27-10-8-23/h2-6,11-12H,7-10,13H2,1H3,(H,21,24). The highest BCUT2D eigenvalue weighted by Gasteiger charge is 2.23. The van der Waals surface area contributed by atoms with Crippen molar-refractivity contribution in [3.8, 4) is 0 Å². The summed E-state index contributed by atoms with van der Waals surface area (Å²) in [6.07, 6.45) is 2.74. The van der Waals surface area contributed by atoms with E-state index in [0.717, 1.165) is 34.6 Å². The summed E-state index contributed by atoms with van der Waals surface area (Å²) >= 11 is 8.31. The Morgan fingerprint density at radius 2 is 2.07 bits per heavy atom. The number of hydrogen-bond donors (Lipinski definition) is 1. The van der Waals surface area contributed by atoms with E-state index in [1.54, 1.807) is 12.1 Å². The van der Waals surface area contributed by atoms with Gasteiger partial charge in [0.25, 0.3) is 0 Å². The minimum absolute atomic E-state index is 0.0393. The van der Waals surface area contributed by atoms with Crippen LogP contribution in [0, 0.1) is 0 Å². The van der Waals surface area contributed by atoms with Crippen molar-refractivity contribution in [2.24, 2.45) is 0 Å². The summed E-state index contributed by atoms with van der Waals surface area (Å²) < 4.78 is 25.9. The number of sulfonamides is 1. The van der Waals surface area contributed by atoms with Crippen molar-refractivity contribution in [3.05, 3.63) is 47.7 Å². The van der Waals surface area contributed by atoms with E-state index in [2.05, 4.69) is 15.2 Å². The van der Waals surface area contributed by atoms with Crippen molar-refractivity contribution in [3.63, 3.8) is 0 Å². The van der Waals surface area contributed by atoms with E-state index in [4.69, 9.17) is 11.6 Å². The Hall–Kier alpha value is -1.81. The van der Waals surface area contributed by atoms with Crippen LogP contribution in [0.25, 0.3) is 0 Å². The van der Waals surface area contributed by atoms with Gasteiger partial charge < -0.3 is 10.2 Å². The van der Waals surface area contributed by atoms with E-state index >= 15 is 0 Å². The maximum absolute atomic E-state index is 12.5. The van der Waals surface area contributed by atoms with Crippen molar-refractivity contribution in [2.45, 2.75) is 4.90 Å². The lowest BCUT2D eigenvalue weighted by Crippen LogP contribution is -2.35. The lowest BCUT2D eigenvalue weighted by atomic mass is 10.2. The number of likely N-dealkylation sites (N-methyl/N-ethyl adjacent to an activating group) is 1. The zero-order chi connectivity index (χ0) is 20.1. The van der Waals surface area contributed by atoms with Crippen LogP contribution in [0.2, 0.25) is 5.02 Å². The van der Waals surface area contributed by atoms with Gasteiger partial charge in [-0.2, -0.15) is 16.1 Å². The van der Waals surface area contributed by atoms with Gasteiger partial charge in [-0.25, -0.2) is 8.42 Å². The Morgan fingerprint density at radius 3 is 2.71 bits per heavy atom. The summed E-state index contributed by atoms with van der Waals surface area (Å²) in [5, 5.41) is 3.26. The van der Waals surface area contributed by atoms with Crippen LogP contribution in [0.3, 0.4) is 0 Å². The third-order valence-electron chi connectivity index (χ3n) is 4.29. The Kier molecular flexibility index (Phi) is 6.82. The number of amides is 1. The molecule has 0 unspecified atom stereocenters. The van der Waals surface area contributed by atoms with Gasteiger partial charge in [-0.3, -0.25) is 9.78 Å². The maximum Gasteiger partial charge on any atom is 0.244 e. The summed E-state index contributed by atoms with van der Waals surface area (Å²) in [6, 6.07) is 8.31. The molecule has 2 aromatic rings. The lowest BCUT2D eigenvalue weighted by molar-refractivity contribution is -0.116. The third kappa shape index (κ3) is 4.96. The molecule has 1 aromatic carbocycles. The molecule has 3 rings (SSSR count). The van der Waals surface area contributed by atoms with Gasteiger partial charge in [0.1, 0.15) is 4.90 Å². The van der Waals surface area contributed by atoms with E-state index in [1.807, 2.05) is 17.8 Å². The van der Waals surface area contributed by atoms with Crippen LogP contribution in [0.15, 0.2) is 47.6 Å². The predicted molar refractivity (Wildman–Crippen MR) is 114 cm³/mol. The van der Waals surface area contributed by atoms with Gasteiger partial charge in [-0.05, 0) is 30.3 Å². The number of halogens is 1. The molecule has 1 aliphatic heterocycles. The van der Waals surface area contributed by atoms with Crippen LogP contribution in [-0.2, 0) is 14.8 Å². The fourth-order valence-electron chi connectivity index (χ4n) is 2.81.